The molecule has 2 heterocycles. The number of carbonyl (C=O) groups is 2. The van der Waals surface area contributed by atoms with Crippen molar-refractivity contribution in [2.24, 2.45) is 28.8 Å². The predicted octanol–water partition coefficient (Wildman–Crippen LogP) is 2.31. The fourth-order valence-electron chi connectivity index (χ4n) is 4.32. The van der Waals surface area contributed by atoms with Crippen LogP contribution in [0.3, 0.4) is 0 Å². The first-order chi connectivity index (χ1) is 11.2. The molecule has 1 aromatic carbocycles. The van der Waals surface area contributed by atoms with Crippen molar-refractivity contribution in [3.8, 4) is 0 Å². The summed E-state index contributed by atoms with van der Waals surface area (Å²) in [5.74, 6) is -0.249. The molecule has 2 amide bonds. The Morgan fingerprint density at radius 3 is 2.52 bits per heavy atom. The minimum atomic E-state index is -0.197. The number of aromatic amines is 1. The van der Waals surface area contributed by atoms with Crippen LogP contribution < -0.4 is 0 Å². The summed E-state index contributed by atoms with van der Waals surface area (Å²) in [6.07, 6.45) is 8.55. The summed E-state index contributed by atoms with van der Waals surface area (Å²) in [6, 6.07) is 7.87. The first kappa shape index (κ1) is 12.8. The Morgan fingerprint density at radius 1 is 1.09 bits per heavy atom. The van der Waals surface area contributed by atoms with Crippen LogP contribution in [0, 0.1) is 23.7 Å². The number of allylic oxidation sites excluding steroid dienone is 2. The second-order valence-electron chi connectivity index (χ2n) is 6.52. The van der Waals surface area contributed by atoms with Crippen LogP contribution in [-0.4, -0.2) is 28.0 Å². The predicted molar refractivity (Wildman–Crippen MR) is 85.5 cm³/mol. The highest BCUT2D eigenvalue weighted by Gasteiger charge is 2.59. The van der Waals surface area contributed by atoms with Crippen LogP contribution >= 0.6 is 0 Å². The van der Waals surface area contributed by atoms with Crippen LogP contribution in [0.25, 0.3) is 10.9 Å². The van der Waals surface area contributed by atoms with Gasteiger partial charge in [-0.05, 0) is 24.3 Å². The van der Waals surface area contributed by atoms with Crippen LogP contribution in [0.15, 0.2) is 47.7 Å². The topological polar surface area (TPSA) is 65.5 Å². The Hall–Kier alpha value is -2.69. The summed E-state index contributed by atoms with van der Waals surface area (Å²) in [5, 5.41) is 6.33. The third kappa shape index (κ3) is 1.64. The van der Waals surface area contributed by atoms with Gasteiger partial charge in [0.15, 0.2) is 0 Å². The molecule has 1 saturated carbocycles. The molecule has 2 aliphatic carbocycles. The maximum atomic E-state index is 12.6. The molecule has 1 aliphatic heterocycles. The van der Waals surface area contributed by atoms with E-state index in [9.17, 15) is 9.59 Å². The fourth-order valence-corrected chi connectivity index (χ4v) is 4.32. The van der Waals surface area contributed by atoms with E-state index in [1.165, 1.54) is 0 Å². The number of aromatic nitrogens is 1. The van der Waals surface area contributed by atoms with Crippen LogP contribution in [0.5, 0.6) is 0 Å². The molecule has 23 heavy (non-hydrogen) atoms. The lowest BCUT2D eigenvalue weighted by molar-refractivity contribution is -0.140. The Morgan fingerprint density at radius 2 is 1.78 bits per heavy atom. The number of para-hydroxylation sites is 1. The smallest absolute Gasteiger partial charge is 0.254 e. The molecule has 5 nitrogen and oxygen atoms in total. The van der Waals surface area contributed by atoms with E-state index >= 15 is 0 Å². The average Bonchev–Trinajstić information content (AvgIpc) is 3.31. The Balaban J connectivity index is 1.47. The van der Waals surface area contributed by atoms with E-state index in [1.54, 1.807) is 6.21 Å². The van der Waals surface area contributed by atoms with Gasteiger partial charge in [0.05, 0.1) is 18.1 Å². The van der Waals surface area contributed by atoms with Gasteiger partial charge in [-0.2, -0.15) is 10.1 Å². The molecular weight excluding hydrogens is 290 g/mol. The van der Waals surface area contributed by atoms with Gasteiger partial charge in [-0.25, -0.2) is 0 Å². The van der Waals surface area contributed by atoms with Gasteiger partial charge in [-0.3, -0.25) is 9.59 Å². The number of carbonyl (C=O) groups excluding carboxylic acids is 2. The van der Waals surface area contributed by atoms with E-state index in [-0.39, 0.29) is 35.5 Å². The number of nitrogens with one attached hydrogen (secondary N) is 1. The third-order valence-corrected chi connectivity index (χ3v) is 5.38. The Kier molecular flexibility index (Phi) is 2.46. The number of nitrogens with zero attached hydrogens (tertiary/aromatic N) is 2. The summed E-state index contributed by atoms with van der Waals surface area (Å²) in [5.41, 5.74) is 1.88. The van der Waals surface area contributed by atoms with E-state index in [0.717, 1.165) is 27.9 Å². The molecule has 2 aromatic rings. The summed E-state index contributed by atoms with van der Waals surface area (Å²) < 4.78 is 0. The molecule has 4 atom stereocenters. The monoisotopic (exact) mass is 305 g/mol. The molecule has 2 fully saturated rings. The van der Waals surface area contributed by atoms with Crippen LogP contribution in [-0.2, 0) is 9.59 Å². The number of H-pyrrole nitrogens is 1. The van der Waals surface area contributed by atoms with Gasteiger partial charge < -0.3 is 4.98 Å². The van der Waals surface area contributed by atoms with Crippen molar-refractivity contribution in [3.63, 3.8) is 0 Å². The Labute approximate surface area is 132 Å². The molecule has 5 rings (SSSR count). The second kappa shape index (κ2) is 4.41. The normalized spacial score (nSPS) is 31.9. The van der Waals surface area contributed by atoms with Crippen molar-refractivity contribution >= 4 is 28.9 Å². The highest BCUT2D eigenvalue weighted by Crippen LogP contribution is 2.52. The molecule has 3 aliphatic rings. The summed E-state index contributed by atoms with van der Waals surface area (Å²) in [6.45, 7) is 0. The minimum Gasteiger partial charge on any atom is -0.361 e. The van der Waals surface area contributed by atoms with Gasteiger partial charge in [0.25, 0.3) is 11.8 Å². The van der Waals surface area contributed by atoms with Crippen LogP contribution in [0.4, 0.5) is 0 Å². The van der Waals surface area contributed by atoms with E-state index in [2.05, 4.69) is 22.2 Å². The molecule has 1 saturated heterocycles. The lowest BCUT2D eigenvalue weighted by atomic mass is 9.85. The van der Waals surface area contributed by atoms with Crippen molar-refractivity contribution in [2.45, 2.75) is 6.42 Å². The molecule has 1 aromatic heterocycles. The van der Waals surface area contributed by atoms with Crippen LogP contribution in [0.2, 0.25) is 0 Å². The molecule has 0 radical (unpaired) electrons. The molecule has 1 N–H and O–H groups in total. The Bertz CT molecular complexity index is 865. The van der Waals surface area contributed by atoms with Crippen molar-refractivity contribution in [1.29, 1.82) is 0 Å². The lowest BCUT2D eigenvalue weighted by Crippen LogP contribution is -2.28. The van der Waals surface area contributed by atoms with E-state index < -0.39 is 0 Å². The summed E-state index contributed by atoms with van der Waals surface area (Å²) >= 11 is 0. The number of rotatable bonds is 2. The lowest BCUT2D eigenvalue weighted by Gasteiger charge is -2.13. The highest BCUT2D eigenvalue weighted by molar-refractivity contribution is 6.07. The van der Waals surface area contributed by atoms with E-state index in [1.807, 2.05) is 30.5 Å². The largest absolute Gasteiger partial charge is 0.361 e. The average molecular weight is 305 g/mol. The number of hydrogen-bond acceptors (Lipinski definition) is 3. The molecule has 2 bridgehead atoms. The van der Waals surface area contributed by atoms with Crippen molar-refractivity contribution in [2.75, 3.05) is 0 Å². The SMILES string of the molecule is O=C1[C@@H]2[C@@H](C(=O)N1/N=C\c1c[nH]c3ccccc13)[C@H]1C=C[C@H]2C1. The number of hydrazone groups is 1. The molecule has 0 unspecified atom stereocenters. The minimum absolute atomic E-state index is 0.145. The number of amides is 2. The second-order valence-corrected chi connectivity index (χ2v) is 6.52. The maximum Gasteiger partial charge on any atom is 0.254 e. The number of fused-ring (bicyclic) bond motifs is 6. The van der Waals surface area contributed by atoms with Gasteiger partial charge in [-0.1, -0.05) is 30.4 Å². The standard InChI is InChI=1S/C18H15N3O2/c22-17-15-10-5-6-11(7-10)16(15)18(23)21(17)20-9-12-8-19-14-4-2-1-3-13(12)14/h1-6,8-11,15-16,19H,7H2/b20-9-/t10-,11-,15-,16-/m0/s1. The van der Waals surface area contributed by atoms with Gasteiger partial charge in [-0.15, -0.1) is 0 Å². The fraction of sp³-hybridized carbons (Fsp3) is 0.278. The zero-order chi connectivity index (χ0) is 15.6. The van der Waals surface area contributed by atoms with Crippen LogP contribution in [0.1, 0.15) is 12.0 Å². The van der Waals surface area contributed by atoms with E-state index in [4.69, 9.17) is 0 Å². The summed E-state index contributed by atoms with van der Waals surface area (Å²) in [4.78, 5) is 28.3. The van der Waals surface area contributed by atoms with Gasteiger partial charge in [0.2, 0.25) is 0 Å². The molecule has 114 valence electrons. The first-order valence-electron chi connectivity index (χ1n) is 7.90. The van der Waals surface area contributed by atoms with Crippen molar-refractivity contribution in [1.82, 2.24) is 9.99 Å². The molecule has 0 spiro atoms. The number of hydrogen-bond donors (Lipinski definition) is 1. The first-order valence-corrected chi connectivity index (χ1v) is 7.90. The van der Waals surface area contributed by atoms with Crippen molar-refractivity contribution in [3.05, 3.63) is 48.2 Å². The molecular formula is C18H15N3O2. The quantitative estimate of drug-likeness (QED) is 0.525. The highest BCUT2D eigenvalue weighted by atomic mass is 16.2. The van der Waals surface area contributed by atoms with E-state index in [0.29, 0.717) is 0 Å². The summed E-state index contributed by atoms with van der Waals surface area (Å²) in [7, 11) is 0. The number of benzene rings is 1. The van der Waals surface area contributed by atoms with Crippen molar-refractivity contribution < 1.29 is 9.59 Å². The third-order valence-electron chi connectivity index (χ3n) is 5.38. The molecule has 5 heteroatoms. The van der Waals surface area contributed by atoms with Gasteiger partial charge in [0.1, 0.15) is 0 Å². The maximum absolute atomic E-state index is 12.6. The van der Waals surface area contributed by atoms with Gasteiger partial charge in [0, 0.05) is 22.7 Å². The number of imide groups is 1. The van der Waals surface area contributed by atoms with Gasteiger partial charge >= 0.3 is 0 Å². The zero-order valence-electron chi connectivity index (χ0n) is 12.3. The zero-order valence-corrected chi connectivity index (χ0v) is 12.3.